The minimum absolute atomic E-state index is 0.0373. The Bertz CT molecular complexity index is 256. The normalized spacial score (nSPS) is 28.1. The molecule has 1 aliphatic carbocycles. The van der Waals surface area contributed by atoms with Crippen molar-refractivity contribution in [1.82, 2.24) is 0 Å². The van der Waals surface area contributed by atoms with Gasteiger partial charge >= 0.3 is 5.97 Å². The topological polar surface area (TPSA) is 26.3 Å². The van der Waals surface area contributed by atoms with Crippen molar-refractivity contribution in [2.24, 2.45) is 23.2 Å². The van der Waals surface area contributed by atoms with E-state index in [1.165, 1.54) is 12.8 Å². The fourth-order valence-corrected chi connectivity index (χ4v) is 3.07. The predicted octanol–water partition coefficient (Wildman–Crippen LogP) is 4.04. The van der Waals surface area contributed by atoms with Crippen LogP contribution in [-0.4, -0.2) is 12.6 Å². The summed E-state index contributed by atoms with van der Waals surface area (Å²) in [6.07, 6.45) is 4.66. The van der Waals surface area contributed by atoms with Gasteiger partial charge in [0.15, 0.2) is 0 Å². The fourth-order valence-electron chi connectivity index (χ4n) is 3.07. The van der Waals surface area contributed by atoms with Gasteiger partial charge in [-0.3, -0.25) is 4.79 Å². The van der Waals surface area contributed by atoms with Crippen LogP contribution in [0.5, 0.6) is 0 Å². The summed E-state index contributed by atoms with van der Waals surface area (Å²) < 4.78 is 5.47. The summed E-state index contributed by atoms with van der Waals surface area (Å²) in [4.78, 5) is 12.3. The first-order chi connectivity index (χ1) is 7.88. The summed E-state index contributed by atoms with van der Waals surface area (Å²) in [6.45, 7) is 11.3. The van der Waals surface area contributed by atoms with E-state index in [9.17, 15) is 4.79 Å². The predicted molar refractivity (Wildman–Crippen MR) is 70.7 cm³/mol. The monoisotopic (exact) mass is 240 g/mol. The lowest BCUT2D eigenvalue weighted by Crippen LogP contribution is -2.41. The lowest BCUT2D eigenvalue weighted by Gasteiger charge is -2.42. The van der Waals surface area contributed by atoms with Gasteiger partial charge in [0.25, 0.3) is 0 Å². The molecule has 2 atom stereocenters. The van der Waals surface area contributed by atoms with E-state index in [0.717, 1.165) is 12.8 Å². The molecular formula is C15H28O2. The van der Waals surface area contributed by atoms with Crippen LogP contribution in [0.15, 0.2) is 0 Å². The fraction of sp³-hybridized carbons (Fsp3) is 0.933. The Hall–Kier alpha value is -0.530. The van der Waals surface area contributed by atoms with Gasteiger partial charge in [-0.2, -0.15) is 0 Å². The van der Waals surface area contributed by atoms with E-state index in [-0.39, 0.29) is 17.3 Å². The van der Waals surface area contributed by atoms with Crippen LogP contribution in [-0.2, 0) is 9.53 Å². The Kier molecular flexibility index (Phi) is 5.03. The highest BCUT2D eigenvalue weighted by Gasteiger charge is 2.43. The molecule has 0 aliphatic heterocycles. The molecule has 0 radical (unpaired) electrons. The van der Waals surface area contributed by atoms with E-state index in [2.05, 4.69) is 34.6 Å². The highest BCUT2D eigenvalue weighted by Crippen LogP contribution is 2.45. The van der Waals surface area contributed by atoms with Crippen molar-refractivity contribution >= 4 is 5.97 Å². The Morgan fingerprint density at radius 1 is 1.41 bits per heavy atom. The van der Waals surface area contributed by atoms with Gasteiger partial charge in [0.05, 0.1) is 12.5 Å². The van der Waals surface area contributed by atoms with E-state index >= 15 is 0 Å². The van der Waals surface area contributed by atoms with E-state index in [1.807, 2.05) is 0 Å². The Morgan fingerprint density at radius 3 is 2.59 bits per heavy atom. The molecule has 0 aromatic rings. The molecule has 0 bridgehead atoms. The average molecular weight is 240 g/mol. The number of carbonyl (C=O) groups excluding carboxylic acids is 1. The molecule has 1 fully saturated rings. The van der Waals surface area contributed by atoms with Gasteiger partial charge in [-0.15, -0.1) is 0 Å². The van der Waals surface area contributed by atoms with Gasteiger partial charge in [-0.1, -0.05) is 47.5 Å². The second-order valence-corrected chi connectivity index (χ2v) is 6.55. The zero-order chi connectivity index (χ0) is 13.1. The quantitative estimate of drug-likeness (QED) is 0.693. The maximum Gasteiger partial charge on any atom is 0.309 e. The molecule has 0 saturated heterocycles. The molecule has 0 N–H and O–H groups in total. The van der Waals surface area contributed by atoms with Gasteiger partial charge < -0.3 is 4.74 Å². The zero-order valence-corrected chi connectivity index (χ0v) is 12.1. The van der Waals surface area contributed by atoms with Crippen LogP contribution in [0.1, 0.15) is 60.3 Å². The molecule has 2 unspecified atom stereocenters. The zero-order valence-electron chi connectivity index (χ0n) is 12.1. The Balaban J connectivity index is 2.70. The number of esters is 1. The second kappa shape index (κ2) is 5.88. The first-order valence-corrected chi connectivity index (χ1v) is 7.05. The van der Waals surface area contributed by atoms with Gasteiger partial charge in [0.1, 0.15) is 0 Å². The van der Waals surface area contributed by atoms with Crippen LogP contribution in [0.4, 0.5) is 0 Å². The van der Waals surface area contributed by atoms with Crippen molar-refractivity contribution in [2.75, 3.05) is 6.61 Å². The number of hydrogen-bond acceptors (Lipinski definition) is 2. The van der Waals surface area contributed by atoms with E-state index < -0.39 is 0 Å². The van der Waals surface area contributed by atoms with Crippen LogP contribution in [0.3, 0.4) is 0 Å². The van der Waals surface area contributed by atoms with Crippen LogP contribution < -0.4 is 0 Å². The summed E-state index contributed by atoms with van der Waals surface area (Å²) >= 11 is 0. The van der Waals surface area contributed by atoms with Gasteiger partial charge in [0.2, 0.25) is 0 Å². The van der Waals surface area contributed by atoms with Crippen molar-refractivity contribution in [3.8, 4) is 0 Å². The summed E-state index contributed by atoms with van der Waals surface area (Å²) in [5.41, 5.74) is 0.104. The van der Waals surface area contributed by atoms with Crippen molar-refractivity contribution in [1.29, 1.82) is 0 Å². The standard InChI is InChI=1S/C15H28O2/c1-6-12-8-7-9-15(4,5)13(12)14(16)17-10-11(2)3/h11-13H,6-10H2,1-5H3. The maximum absolute atomic E-state index is 12.3. The summed E-state index contributed by atoms with van der Waals surface area (Å²) in [7, 11) is 0. The molecular weight excluding hydrogens is 212 g/mol. The Labute approximate surface area is 106 Å². The molecule has 0 aromatic heterocycles. The molecule has 1 rings (SSSR count). The molecule has 1 saturated carbocycles. The number of hydrogen-bond donors (Lipinski definition) is 0. The largest absolute Gasteiger partial charge is 0.465 e. The van der Waals surface area contributed by atoms with Gasteiger partial charge in [0, 0.05) is 0 Å². The maximum atomic E-state index is 12.3. The minimum atomic E-state index is 0.0373. The third kappa shape index (κ3) is 3.72. The summed E-state index contributed by atoms with van der Waals surface area (Å²) in [5.74, 6) is 1.07. The number of carbonyl (C=O) groups is 1. The molecule has 17 heavy (non-hydrogen) atoms. The van der Waals surface area contributed by atoms with Crippen LogP contribution >= 0.6 is 0 Å². The van der Waals surface area contributed by atoms with Crippen LogP contribution in [0, 0.1) is 23.2 Å². The second-order valence-electron chi connectivity index (χ2n) is 6.55. The third-order valence-electron chi connectivity index (χ3n) is 4.05. The SMILES string of the molecule is CCC1CCCC(C)(C)C1C(=O)OCC(C)C. The first kappa shape index (κ1) is 14.5. The molecule has 100 valence electrons. The lowest BCUT2D eigenvalue weighted by molar-refractivity contribution is -0.159. The average Bonchev–Trinajstić information content (AvgIpc) is 2.24. The lowest BCUT2D eigenvalue weighted by atomic mass is 9.63. The molecule has 0 aromatic carbocycles. The Morgan fingerprint density at radius 2 is 2.06 bits per heavy atom. The molecule has 1 aliphatic rings. The first-order valence-electron chi connectivity index (χ1n) is 7.05. The van der Waals surface area contributed by atoms with E-state index in [1.54, 1.807) is 0 Å². The third-order valence-corrected chi connectivity index (χ3v) is 4.05. The highest BCUT2D eigenvalue weighted by molar-refractivity contribution is 5.74. The van der Waals surface area contributed by atoms with E-state index in [0.29, 0.717) is 18.4 Å². The summed E-state index contributed by atoms with van der Waals surface area (Å²) in [5, 5.41) is 0. The van der Waals surface area contributed by atoms with Gasteiger partial charge in [-0.25, -0.2) is 0 Å². The van der Waals surface area contributed by atoms with Crippen molar-refractivity contribution in [3.63, 3.8) is 0 Å². The van der Waals surface area contributed by atoms with E-state index in [4.69, 9.17) is 4.74 Å². The highest BCUT2D eigenvalue weighted by atomic mass is 16.5. The molecule has 0 heterocycles. The molecule has 0 spiro atoms. The van der Waals surface area contributed by atoms with Crippen molar-refractivity contribution in [2.45, 2.75) is 60.3 Å². The number of ether oxygens (including phenoxy) is 1. The number of rotatable bonds is 4. The van der Waals surface area contributed by atoms with Crippen LogP contribution in [0.2, 0.25) is 0 Å². The molecule has 2 heteroatoms. The van der Waals surface area contributed by atoms with Crippen LogP contribution in [0.25, 0.3) is 0 Å². The van der Waals surface area contributed by atoms with Crippen molar-refractivity contribution in [3.05, 3.63) is 0 Å². The molecule has 0 amide bonds. The molecule has 2 nitrogen and oxygen atoms in total. The smallest absolute Gasteiger partial charge is 0.309 e. The van der Waals surface area contributed by atoms with Crippen molar-refractivity contribution < 1.29 is 9.53 Å². The summed E-state index contributed by atoms with van der Waals surface area (Å²) in [6, 6.07) is 0. The van der Waals surface area contributed by atoms with Gasteiger partial charge in [-0.05, 0) is 30.1 Å². The minimum Gasteiger partial charge on any atom is -0.465 e.